The van der Waals surface area contributed by atoms with Crippen LogP contribution in [0.5, 0.6) is 0 Å². The van der Waals surface area contributed by atoms with Gasteiger partial charge in [-0.2, -0.15) is 11.8 Å². The maximum Gasteiger partial charge on any atom is 0.278 e. The van der Waals surface area contributed by atoms with Crippen molar-refractivity contribution >= 4 is 23.4 Å². The lowest BCUT2D eigenvalue weighted by molar-refractivity contribution is 0.102. The summed E-state index contributed by atoms with van der Waals surface area (Å²) in [6.45, 7) is 3.88. The van der Waals surface area contributed by atoms with E-state index in [9.17, 15) is 4.79 Å². The summed E-state index contributed by atoms with van der Waals surface area (Å²) in [5, 5.41) is 14.6. The van der Waals surface area contributed by atoms with Gasteiger partial charge in [-0.25, -0.2) is 4.68 Å². The number of aromatic nitrogens is 3. The van der Waals surface area contributed by atoms with Crippen molar-refractivity contribution in [1.29, 1.82) is 0 Å². The average molecular weight is 345 g/mol. The fourth-order valence-electron chi connectivity index (χ4n) is 2.99. The Morgan fingerprint density at radius 2 is 2.04 bits per heavy atom. The van der Waals surface area contributed by atoms with Crippen molar-refractivity contribution in [2.24, 2.45) is 0 Å². The van der Waals surface area contributed by atoms with Gasteiger partial charge in [0.05, 0.1) is 11.7 Å². The Bertz CT molecular complexity index is 692. The van der Waals surface area contributed by atoms with Gasteiger partial charge >= 0.3 is 0 Å². The zero-order valence-corrected chi connectivity index (χ0v) is 14.9. The molecule has 1 fully saturated rings. The van der Waals surface area contributed by atoms with Gasteiger partial charge in [0.15, 0.2) is 5.69 Å². The minimum absolute atomic E-state index is 0.203. The molecule has 2 heterocycles. The van der Waals surface area contributed by atoms with Gasteiger partial charge in [0.25, 0.3) is 5.91 Å². The maximum absolute atomic E-state index is 12.5. The van der Waals surface area contributed by atoms with E-state index in [-0.39, 0.29) is 5.91 Å². The van der Waals surface area contributed by atoms with Gasteiger partial charge in [-0.05, 0) is 56.8 Å². The van der Waals surface area contributed by atoms with E-state index in [2.05, 4.69) is 27.2 Å². The third kappa shape index (κ3) is 3.79. The van der Waals surface area contributed by atoms with Crippen molar-refractivity contribution in [3.05, 3.63) is 41.2 Å². The highest BCUT2D eigenvalue weighted by atomic mass is 32.2. The molecule has 7 heteroatoms. The maximum atomic E-state index is 12.5. The number of hydrogen-bond acceptors (Lipinski definition) is 5. The molecule has 2 aromatic rings. The molecule has 24 heavy (non-hydrogen) atoms. The van der Waals surface area contributed by atoms with Crippen molar-refractivity contribution in [1.82, 2.24) is 20.3 Å². The fraction of sp³-hybridized carbons (Fsp3) is 0.471. The van der Waals surface area contributed by atoms with E-state index >= 15 is 0 Å². The standard InChI is InChI=1S/C17H23N5OS/c1-12-16(20-21-22(12)15-7-9-18-10-8-15)17(23)19-14-5-3-13(4-6-14)11-24-2/h3-6,15,18H,7-11H2,1-2H3,(H,19,23). The first-order valence-electron chi connectivity index (χ1n) is 8.20. The number of anilines is 1. The van der Waals surface area contributed by atoms with Gasteiger partial charge in [0.2, 0.25) is 0 Å². The summed E-state index contributed by atoms with van der Waals surface area (Å²) in [6, 6.07) is 8.24. The van der Waals surface area contributed by atoms with Crippen molar-refractivity contribution in [2.45, 2.75) is 31.6 Å². The molecule has 0 radical (unpaired) electrons. The van der Waals surface area contributed by atoms with Crippen LogP contribution in [0.3, 0.4) is 0 Å². The number of amides is 1. The van der Waals surface area contributed by atoms with Gasteiger partial charge in [-0.1, -0.05) is 17.3 Å². The van der Waals surface area contributed by atoms with E-state index in [0.717, 1.165) is 43.1 Å². The topological polar surface area (TPSA) is 71.8 Å². The number of carbonyl (C=O) groups excluding carboxylic acids is 1. The molecule has 128 valence electrons. The number of hydrogen-bond donors (Lipinski definition) is 2. The molecule has 0 aliphatic carbocycles. The first-order valence-corrected chi connectivity index (χ1v) is 9.60. The molecule has 0 spiro atoms. The summed E-state index contributed by atoms with van der Waals surface area (Å²) in [4.78, 5) is 12.5. The quantitative estimate of drug-likeness (QED) is 0.872. The molecular weight excluding hydrogens is 322 g/mol. The van der Waals surface area contributed by atoms with Crippen LogP contribution in [0, 0.1) is 6.92 Å². The van der Waals surface area contributed by atoms with E-state index in [4.69, 9.17) is 0 Å². The van der Waals surface area contributed by atoms with Crippen LogP contribution in [0.2, 0.25) is 0 Å². The number of piperidine rings is 1. The zero-order chi connectivity index (χ0) is 16.9. The monoisotopic (exact) mass is 345 g/mol. The lowest BCUT2D eigenvalue weighted by Crippen LogP contribution is -2.30. The molecule has 1 amide bonds. The Morgan fingerprint density at radius 1 is 1.33 bits per heavy atom. The van der Waals surface area contributed by atoms with Crippen LogP contribution >= 0.6 is 11.8 Å². The number of nitrogens with zero attached hydrogens (tertiary/aromatic N) is 3. The molecule has 1 aliphatic rings. The Balaban J connectivity index is 1.69. The summed E-state index contributed by atoms with van der Waals surface area (Å²) in [6.07, 6.45) is 4.11. The minimum atomic E-state index is -0.203. The predicted octanol–water partition coefficient (Wildman–Crippen LogP) is 2.63. The van der Waals surface area contributed by atoms with E-state index in [1.807, 2.05) is 35.9 Å². The van der Waals surface area contributed by atoms with Gasteiger partial charge in [-0.15, -0.1) is 5.10 Å². The van der Waals surface area contributed by atoms with E-state index in [1.54, 1.807) is 11.8 Å². The number of nitrogens with one attached hydrogen (secondary N) is 2. The SMILES string of the molecule is CSCc1ccc(NC(=O)c2nnn(C3CCNCC3)c2C)cc1. The second-order valence-corrected chi connectivity index (χ2v) is 6.90. The van der Waals surface area contributed by atoms with E-state index in [0.29, 0.717) is 11.7 Å². The van der Waals surface area contributed by atoms with Crippen molar-refractivity contribution in [3.63, 3.8) is 0 Å². The third-order valence-electron chi connectivity index (χ3n) is 4.32. The number of thioether (sulfide) groups is 1. The third-order valence-corrected chi connectivity index (χ3v) is 4.94. The molecule has 0 saturated carbocycles. The van der Waals surface area contributed by atoms with Gasteiger partial charge < -0.3 is 10.6 Å². The largest absolute Gasteiger partial charge is 0.321 e. The molecule has 1 aliphatic heterocycles. The molecule has 0 atom stereocenters. The van der Waals surface area contributed by atoms with Crippen LogP contribution < -0.4 is 10.6 Å². The number of carbonyl (C=O) groups is 1. The van der Waals surface area contributed by atoms with Crippen molar-refractivity contribution in [2.75, 3.05) is 24.7 Å². The Labute approximate surface area is 146 Å². The first kappa shape index (κ1) is 17.0. The second kappa shape index (κ2) is 7.81. The minimum Gasteiger partial charge on any atom is -0.321 e. The second-order valence-electron chi connectivity index (χ2n) is 6.03. The molecule has 1 saturated heterocycles. The Hall–Kier alpha value is -1.86. The lowest BCUT2D eigenvalue weighted by Gasteiger charge is -2.23. The van der Waals surface area contributed by atoms with Crippen LogP contribution in [-0.2, 0) is 5.75 Å². The molecule has 6 nitrogen and oxygen atoms in total. The van der Waals surface area contributed by atoms with Gasteiger partial charge in [0, 0.05) is 11.4 Å². The zero-order valence-electron chi connectivity index (χ0n) is 14.1. The summed E-state index contributed by atoms with van der Waals surface area (Å²) in [7, 11) is 0. The fourth-order valence-corrected chi connectivity index (χ4v) is 3.52. The highest BCUT2D eigenvalue weighted by Crippen LogP contribution is 2.21. The predicted molar refractivity (Wildman–Crippen MR) is 97.5 cm³/mol. The normalized spacial score (nSPS) is 15.4. The molecule has 2 N–H and O–H groups in total. The lowest BCUT2D eigenvalue weighted by atomic mass is 10.1. The Kier molecular flexibility index (Phi) is 5.52. The average Bonchev–Trinajstić information content (AvgIpc) is 2.99. The summed E-state index contributed by atoms with van der Waals surface area (Å²) in [5.74, 6) is 0.767. The van der Waals surface area contributed by atoms with E-state index < -0.39 is 0 Å². The number of rotatable bonds is 5. The van der Waals surface area contributed by atoms with Crippen molar-refractivity contribution < 1.29 is 4.79 Å². The van der Waals surface area contributed by atoms with Crippen LogP contribution in [-0.4, -0.2) is 40.2 Å². The molecular formula is C17H23N5OS. The molecule has 1 aromatic carbocycles. The van der Waals surface area contributed by atoms with Gasteiger partial charge in [0.1, 0.15) is 0 Å². The van der Waals surface area contributed by atoms with Gasteiger partial charge in [-0.3, -0.25) is 4.79 Å². The first-order chi connectivity index (χ1) is 11.7. The van der Waals surface area contributed by atoms with Crippen LogP contribution in [0.4, 0.5) is 5.69 Å². The van der Waals surface area contributed by atoms with Crippen LogP contribution in [0.15, 0.2) is 24.3 Å². The van der Waals surface area contributed by atoms with Crippen LogP contribution in [0.1, 0.15) is 40.6 Å². The summed E-state index contributed by atoms with van der Waals surface area (Å²) >= 11 is 1.78. The summed E-state index contributed by atoms with van der Waals surface area (Å²) < 4.78 is 1.90. The highest BCUT2D eigenvalue weighted by Gasteiger charge is 2.22. The number of benzene rings is 1. The van der Waals surface area contributed by atoms with E-state index in [1.165, 1.54) is 5.56 Å². The molecule has 0 unspecified atom stereocenters. The van der Waals surface area contributed by atoms with Crippen molar-refractivity contribution in [3.8, 4) is 0 Å². The highest BCUT2D eigenvalue weighted by molar-refractivity contribution is 7.97. The molecule has 1 aromatic heterocycles. The summed E-state index contributed by atoms with van der Waals surface area (Å²) in [5.41, 5.74) is 3.26. The smallest absolute Gasteiger partial charge is 0.278 e. The molecule has 0 bridgehead atoms. The molecule has 3 rings (SSSR count). The Morgan fingerprint density at radius 3 is 2.71 bits per heavy atom. The van der Waals surface area contributed by atoms with Crippen LogP contribution in [0.25, 0.3) is 0 Å².